The lowest BCUT2D eigenvalue weighted by Gasteiger charge is -2.13. The van der Waals surface area contributed by atoms with Crippen molar-refractivity contribution in [2.45, 2.75) is 19.8 Å². The highest BCUT2D eigenvalue weighted by Crippen LogP contribution is 2.19. The number of carbonyl (C=O) groups is 1. The number of hydrogen-bond acceptors (Lipinski definition) is 4. The zero-order chi connectivity index (χ0) is 21.9. The first-order valence-corrected chi connectivity index (χ1v) is 10.7. The Bertz CT molecular complexity index is 991. The molecule has 5 nitrogen and oxygen atoms in total. The summed E-state index contributed by atoms with van der Waals surface area (Å²) < 4.78 is 11.4. The molecular formula is C25H26N2O3S. The van der Waals surface area contributed by atoms with Crippen molar-refractivity contribution in [3.63, 3.8) is 0 Å². The summed E-state index contributed by atoms with van der Waals surface area (Å²) in [7, 11) is 0. The van der Waals surface area contributed by atoms with Crippen LogP contribution < -0.4 is 20.1 Å². The van der Waals surface area contributed by atoms with Crippen LogP contribution in [0.5, 0.6) is 11.5 Å². The smallest absolute Gasteiger partial charge is 0.261 e. The molecule has 2 N–H and O–H groups in total. The summed E-state index contributed by atoms with van der Waals surface area (Å²) in [6, 6.07) is 24.8. The summed E-state index contributed by atoms with van der Waals surface area (Å²) in [5.74, 6) is 1.00. The normalized spacial score (nSPS) is 10.2. The van der Waals surface area contributed by atoms with E-state index in [1.54, 1.807) is 18.2 Å². The lowest BCUT2D eigenvalue weighted by Crippen LogP contribution is -2.34. The minimum atomic E-state index is -0.315. The standard InChI is InChI=1S/C25H26N2O3S/c1-2-17-30-23-11-7-6-10-22(23)24(28)27-25(31)26-20-12-14-21(15-13-20)29-18-16-19-8-4-3-5-9-19/h3-15H,2,16-18H2,1H3,(H2,26,27,28,31). The molecule has 0 saturated heterocycles. The van der Waals surface area contributed by atoms with E-state index in [2.05, 4.69) is 22.8 Å². The largest absolute Gasteiger partial charge is 0.493 e. The molecule has 0 spiro atoms. The van der Waals surface area contributed by atoms with Crippen LogP contribution in [-0.2, 0) is 6.42 Å². The second-order valence-corrected chi connectivity index (χ2v) is 7.27. The second kappa shape index (κ2) is 11.7. The first-order chi connectivity index (χ1) is 15.2. The third kappa shape index (κ3) is 7.12. The molecule has 6 heteroatoms. The fraction of sp³-hybridized carbons (Fsp3) is 0.200. The molecule has 0 fully saturated rings. The van der Waals surface area contributed by atoms with Crippen LogP contribution >= 0.6 is 12.2 Å². The third-order valence-electron chi connectivity index (χ3n) is 4.43. The number of hydrogen-bond donors (Lipinski definition) is 2. The molecule has 0 unspecified atom stereocenters. The van der Waals surface area contributed by atoms with Crippen LogP contribution in [-0.4, -0.2) is 24.2 Å². The van der Waals surface area contributed by atoms with E-state index in [0.717, 1.165) is 24.3 Å². The minimum absolute atomic E-state index is 0.216. The van der Waals surface area contributed by atoms with Crippen LogP contribution in [0, 0.1) is 0 Å². The zero-order valence-corrected chi connectivity index (χ0v) is 18.3. The van der Waals surface area contributed by atoms with Crippen molar-refractivity contribution in [1.82, 2.24) is 5.32 Å². The number of nitrogens with one attached hydrogen (secondary N) is 2. The summed E-state index contributed by atoms with van der Waals surface area (Å²) in [5, 5.41) is 5.93. The van der Waals surface area contributed by atoms with Crippen molar-refractivity contribution in [2.24, 2.45) is 0 Å². The van der Waals surface area contributed by atoms with Crippen molar-refractivity contribution in [3.8, 4) is 11.5 Å². The van der Waals surface area contributed by atoms with Gasteiger partial charge in [-0.3, -0.25) is 10.1 Å². The summed E-state index contributed by atoms with van der Waals surface area (Å²) in [6.45, 7) is 3.17. The van der Waals surface area contributed by atoms with Gasteiger partial charge in [0.25, 0.3) is 5.91 Å². The molecule has 0 saturated carbocycles. The van der Waals surface area contributed by atoms with Crippen molar-refractivity contribution in [1.29, 1.82) is 0 Å². The highest BCUT2D eigenvalue weighted by atomic mass is 32.1. The van der Waals surface area contributed by atoms with Gasteiger partial charge in [-0.2, -0.15) is 0 Å². The van der Waals surface area contributed by atoms with Crippen LogP contribution in [0.2, 0.25) is 0 Å². The molecule has 0 aliphatic rings. The summed E-state index contributed by atoms with van der Waals surface area (Å²) in [4.78, 5) is 12.6. The van der Waals surface area contributed by atoms with Crippen LogP contribution in [0.1, 0.15) is 29.3 Å². The van der Waals surface area contributed by atoms with Gasteiger partial charge in [0.1, 0.15) is 11.5 Å². The Morgan fingerprint density at radius 3 is 2.32 bits per heavy atom. The maximum absolute atomic E-state index is 12.6. The maximum atomic E-state index is 12.6. The Labute approximate surface area is 188 Å². The van der Waals surface area contributed by atoms with Crippen molar-refractivity contribution in [3.05, 3.63) is 90.0 Å². The molecule has 31 heavy (non-hydrogen) atoms. The van der Waals surface area contributed by atoms with Crippen molar-refractivity contribution < 1.29 is 14.3 Å². The van der Waals surface area contributed by atoms with Crippen LogP contribution in [0.25, 0.3) is 0 Å². The first-order valence-electron chi connectivity index (χ1n) is 10.3. The van der Waals surface area contributed by atoms with Gasteiger partial charge in [-0.1, -0.05) is 49.4 Å². The number of para-hydroxylation sites is 1. The third-order valence-corrected chi connectivity index (χ3v) is 4.64. The minimum Gasteiger partial charge on any atom is -0.493 e. The van der Waals surface area contributed by atoms with Crippen molar-refractivity contribution in [2.75, 3.05) is 18.5 Å². The average Bonchev–Trinajstić information content (AvgIpc) is 2.79. The molecule has 0 heterocycles. The fourth-order valence-electron chi connectivity index (χ4n) is 2.89. The number of amides is 1. The number of carbonyl (C=O) groups excluding carboxylic acids is 1. The van der Waals surface area contributed by atoms with Gasteiger partial charge in [0.2, 0.25) is 0 Å². The number of rotatable bonds is 9. The Morgan fingerprint density at radius 2 is 1.58 bits per heavy atom. The molecule has 3 rings (SSSR count). The summed E-state index contributed by atoms with van der Waals surface area (Å²) in [6.07, 6.45) is 1.71. The van der Waals surface area contributed by atoms with E-state index in [9.17, 15) is 4.79 Å². The SMILES string of the molecule is CCCOc1ccccc1C(=O)NC(=S)Nc1ccc(OCCc2ccccc2)cc1. The van der Waals surface area contributed by atoms with E-state index >= 15 is 0 Å². The lowest BCUT2D eigenvalue weighted by atomic mass is 10.2. The fourth-order valence-corrected chi connectivity index (χ4v) is 3.10. The monoisotopic (exact) mass is 434 g/mol. The molecular weight excluding hydrogens is 408 g/mol. The van der Waals surface area contributed by atoms with Gasteiger partial charge in [0, 0.05) is 12.1 Å². The second-order valence-electron chi connectivity index (χ2n) is 6.86. The number of anilines is 1. The molecule has 0 aliphatic heterocycles. The van der Waals surface area contributed by atoms with Gasteiger partial charge in [0.05, 0.1) is 18.8 Å². The van der Waals surface area contributed by atoms with E-state index < -0.39 is 0 Å². The predicted molar refractivity (Wildman–Crippen MR) is 128 cm³/mol. The summed E-state index contributed by atoms with van der Waals surface area (Å²) in [5.41, 5.74) is 2.45. The molecule has 160 valence electrons. The molecule has 0 atom stereocenters. The number of benzene rings is 3. The highest BCUT2D eigenvalue weighted by Gasteiger charge is 2.13. The van der Waals surface area contributed by atoms with Crippen molar-refractivity contribution >= 4 is 28.9 Å². The number of ether oxygens (including phenoxy) is 2. The molecule has 0 radical (unpaired) electrons. The Hall–Kier alpha value is -3.38. The van der Waals surface area contributed by atoms with Gasteiger partial charge >= 0.3 is 0 Å². The Kier molecular flexibility index (Phi) is 8.43. The van der Waals surface area contributed by atoms with E-state index in [1.807, 2.05) is 55.5 Å². The van der Waals surface area contributed by atoms with Gasteiger partial charge in [-0.25, -0.2) is 0 Å². The predicted octanol–water partition coefficient (Wildman–Crippen LogP) is 5.22. The van der Waals surface area contributed by atoms with E-state index in [1.165, 1.54) is 5.56 Å². The van der Waals surface area contributed by atoms with E-state index in [-0.39, 0.29) is 11.0 Å². The van der Waals surface area contributed by atoms with Crippen LogP contribution in [0.15, 0.2) is 78.9 Å². The lowest BCUT2D eigenvalue weighted by molar-refractivity contribution is 0.0973. The molecule has 0 bridgehead atoms. The Balaban J connectivity index is 1.48. The van der Waals surface area contributed by atoms with Gasteiger partial charge in [-0.15, -0.1) is 0 Å². The quantitative estimate of drug-likeness (QED) is 0.452. The Morgan fingerprint density at radius 1 is 0.871 bits per heavy atom. The van der Waals surface area contributed by atoms with Crippen LogP contribution in [0.3, 0.4) is 0 Å². The molecule has 3 aromatic rings. The number of thiocarbonyl (C=S) groups is 1. The summed E-state index contributed by atoms with van der Waals surface area (Å²) >= 11 is 5.28. The topological polar surface area (TPSA) is 59.6 Å². The van der Waals surface area contributed by atoms with Gasteiger partial charge in [0.15, 0.2) is 5.11 Å². The van der Waals surface area contributed by atoms with E-state index in [4.69, 9.17) is 21.7 Å². The molecule has 0 aromatic heterocycles. The average molecular weight is 435 g/mol. The molecule has 0 aliphatic carbocycles. The maximum Gasteiger partial charge on any atom is 0.261 e. The molecule has 1 amide bonds. The molecule has 3 aromatic carbocycles. The highest BCUT2D eigenvalue weighted by molar-refractivity contribution is 7.80. The van der Waals surface area contributed by atoms with Gasteiger partial charge < -0.3 is 14.8 Å². The van der Waals surface area contributed by atoms with E-state index in [0.29, 0.717) is 24.5 Å². The van der Waals surface area contributed by atoms with Crippen LogP contribution in [0.4, 0.5) is 5.69 Å². The zero-order valence-electron chi connectivity index (χ0n) is 17.5. The van der Waals surface area contributed by atoms with Gasteiger partial charge in [-0.05, 0) is 60.6 Å². The first kappa shape index (κ1) is 22.3.